The zero-order chi connectivity index (χ0) is 22.4. The molecular formula is C24H25NO6. The van der Waals surface area contributed by atoms with Gasteiger partial charge in [0.05, 0.1) is 30.0 Å². The van der Waals surface area contributed by atoms with E-state index in [2.05, 4.69) is 0 Å². The zero-order valence-corrected chi connectivity index (χ0v) is 17.6. The first-order valence-electron chi connectivity index (χ1n) is 10.3. The maximum atomic E-state index is 12.9. The first-order chi connectivity index (χ1) is 15.0. The number of ether oxygens (including phenoxy) is 2. The molecule has 1 N–H and O–H groups in total. The summed E-state index contributed by atoms with van der Waals surface area (Å²) < 4.78 is 10.7. The number of nitrogens with zero attached hydrogens (tertiary/aromatic N) is 1. The van der Waals surface area contributed by atoms with E-state index in [1.54, 1.807) is 24.3 Å². The summed E-state index contributed by atoms with van der Waals surface area (Å²) in [5.41, 5.74) is 0.914. The fourth-order valence-electron chi connectivity index (χ4n) is 3.09. The van der Waals surface area contributed by atoms with Crippen molar-refractivity contribution in [2.75, 3.05) is 18.1 Å². The first-order valence-corrected chi connectivity index (χ1v) is 10.3. The van der Waals surface area contributed by atoms with Gasteiger partial charge in [0.2, 0.25) is 0 Å². The molecule has 0 aromatic heterocycles. The number of carbonyl (C=O) groups is 3. The van der Waals surface area contributed by atoms with Gasteiger partial charge in [-0.25, -0.2) is 9.69 Å². The van der Waals surface area contributed by atoms with Crippen molar-refractivity contribution in [3.8, 4) is 5.75 Å². The lowest BCUT2D eigenvalue weighted by Crippen LogP contribution is -2.31. The predicted octanol–water partition coefficient (Wildman–Crippen LogP) is 4.27. The Morgan fingerprint density at radius 2 is 1.58 bits per heavy atom. The molecule has 3 rings (SSSR count). The summed E-state index contributed by atoms with van der Waals surface area (Å²) in [5, 5.41) is 10.3. The number of rotatable bonds is 9. The summed E-state index contributed by atoms with van der Waals surface area (Å²) in [4.78, 5) is 38.4. The summed E-state index contributed by atoms with van der Waals surface area (Å²) >= 11 is 0. The van der Waals surface area contributed by atoms with Crippen LogP contribution in [0, 0.1) is 0 Å². The Kier molecular flexibility index (Phi) is 7.07. The van der Waals surface area contributed by atoms with Crippen molar-refractivity contribution in [3.05, 3.63) is 65.4 Å². The molecule has 2 aromatic carbocycles. The number of unbranched alkanes of at least 4 members (excludes halogenated alkanes) is 1. The van der Waals surface area contributed by atoms with Crippen molar-refractivity contribution < 1.29 is 29.0 Å². The van der Waals surface area contributed by atoms with E-state index in [4.69, 9.17) is 9.47 Å². The highest BCUT2D eigenvalue weighted by Crippen LogP contribution is 2.32. The Hall–Kier alpha value is -3.61. The molecule has 0 saturated carbocycles. The molecule has 31 heavy (non-hydrogen) atoms. The fourth-order valence-corrected chi connectivity index (χ4v) is 3.09. The summed E-state index contributed by atoms with van der Waals surface area (Å²) in [6.07, 6.45) is 2.56. The number of anilines is 1. The van der Waals surface area contributed by atoms with Crippen LogP contribution in [0.25, 0.3) is 5.57 Å². The van der Waals surface area contributed by atoms with Crippen LogP contribution in [0.15, 0.2) is 54.3 Å². The van der Waals surface area contributed by atoms with E-state index in [1.807, 2.05) is 13.8 Å². The third-order valence-electron chi connectivity index (χ3n) is 4.77. The van der Waals surface area contributed by atoms with Gasteiger partial charge in [-0.2, -0.15) is 0 Å². The van der Waals surface area contributed by atoms with Gasteiger partial charge in [-0.15, -0.1) is 0 Å². The van der Waals surface area contributed by atoms with E-state index in [0.29, 0.717) is 30.1 Å². The largest absolute Gasteiger partial charge is 0.502 e. The maximum Gasteiger partial charge on any atom is 0.338 e. The molecule has 7 heteroatoms. The van der Waals surface area contributed by atoms with Crippen LogP contribution >= 0.6 is 0 Å². The first kappa shape index (κ1) is 22.1. The van der Waals surface area contributed by atoms with Crippen LogP contribution in [0.3, 0.4) is 0 Å². The second-order valence-electron chi connectivity index (χ2n) is 7.08. The highest BCUT2D eigenvalue weighted by molar-refractivity contribution is 6.44. The fraction of sp³-hybridized carbons (Fsp3) is 0.292. The van der Waals surface area contributed by atoms with E-state index in [9.17, 15) is 19.5 Å². The normalized spacial score (nSPS) is 13.7. The minimum Gasteiger partial charge on any atom is -0.502 e. The van der Waals surface area contributed by atoms with Crippen molar-refractivity contribution in [2.45, 2.75) is 33.1 Å². The van der Waals surface area contributed by atoms with Crippen LogP contribution in [-0.2, 0) is 14.3 Å². The van der Waals surface area contributed by atoms with Gasteiger partial charge in [0.1, 0.15) is 5.75 Å². The molecule has 2 aromatic rings. The molecule has 0 saturated heterocycles. The Bertz CT molecular complexity index is 992. The third-order valence-corrected chi connectivity index (χ3v) is 4.77. The molecule has 1 aliphatic heterocycles. The molecule has 1 aliphatic rings. The quantitative estimate of drug-likeness (QED) is 0.368. The molecule has 0 bridgehead atoms. The van der Waals surface area contributed by atoms with Gasteiger partial charge in [0.25, 0.3) is 5.91 Å². The second kappa shape index (κ2) is 9.93. The lowest BCUT2D eigenvalue weighted by atomic mass is 10.1. The van der Waals surface area contributed by atoms with Crippen molar-refractivity contribution in [2.24, 2.45) is 0 Å². The molecule has 0 aliphatic carbocycles. The van der Waals surface area contributed by atoms with E-state index in [1.165, 1.54) is 24.3 Å². The van der Waals surface area contributed by atoms with Crippen LogP contribution in [0.5, 0.6) is 5.75 Å². The summed E-state index contributed by atoms with van der Waals surface area (Å²) in [6, 6.07) is 12.5. The van der Waals surface area contributed by atoms with E-state index >= 15 is 0 Å². The lowest BCUT2D eigenvalue weighted by Gasteiger charge is -2.15. The standard InChI is InChI=1S/C24H25NO6/c1-3-5-15-31-24(29)17-6-10-18(11-7-17)25-22(27)20(21(26)23(25)28)16-8-12-19(13-9-16)30-14-4-2/h6-13,26H,3-5,14-15H2,1-2H3. The summed E-state index contributed by atoms with van der Waals surface area (Å²) in [5.74, 6) is -1.89. The molecule has 7 nitrogen and oxygen atoms in total. The number of hydrogen-bond donors (Lipinski definition) is 1. The minimum absolute atomic E-state index is 0.0740. The van der Waals surface area contributed by atoms with Gasteiger partial charge in [-0.3, -0.25) is 9.59 Å². The summed E-state index contributed by atoms with van der Waals surface area (Å²) in [6.45, 7) is 4.90. The molecule has 0 atom stereocenters. The molecule has 0 unspecified atom stereocenters. The van der Waals surface area contributed by atoms with Crippen LogP contribution in [-0.4, -0.2) is 36.1 Å². The van der Waals surface area contributed by atoms with Crippen molar-refractivity contribution in [3.63, 3.8) is 0 Å². The van der Waals surface area contributed by atoms with Crippen LogP contribution < -0.4 is 9.64 Å². The van der Waals surface area contributed by atoms with Gasteiger partial charge < -0.3 is 14.6 Å². The van der Waals surface area contributed by atoms with Gasteiger partial charge in [0, 0.05) is 0 Å². The monoisotopic (exact) mass is 423 g/mol. The number of amides is 2. The van der Waals surface area contributed by atoms with E-state index in [-0.39, 0.29) is 11.3 Å². The predicted molar refractivity (Wildman–Crippen MR) is 116 cm³/mol. The van der Waals surface area contributed by atoms with Crippen LogP contribution in [0.4, 0.5) is 5.69 Å². The van der Waals surface area contributed by atoms with Crippen molar-refractivity contribution in [1.29, 1.82) is 0 Å². The molecule has 162 valence electrons. The number of carbonyl (C=O) groups excluding carboxylic acids is 3. The Balaban J connectivity index is 1.77. The van der Waals surface area contributed by atoms with Gasteiger partial charge in [-0.1, -0.05) is 32.4 Å². The van der Waals surface area contributed by atoms with Gasteiger partial charge >= 0.3 is 11.9 Å². The highest BCUT2D eigenvalue weighted by Gasteiger charge is 2.40. The van der Waals surface area contributed by atoms with E-state index in [0.717, 1.165) is 24.2 Å². The molecule has 1 heterocycles. The number of benzene rings is 2. The SMILES string of the molecule is CCCCOC(=O)c1ccc(N2C(=O)C(O)=C(c3ccc(OCCC)cc3)C2=O)cc1. The molecular weight excluding hydrogens is 398 g/mol. The molecule has 0 spiro atoms. The third kappa shape index (κ3) is 4.77. The minimum atomic E-state index is -0.815. The number of aliphatic hydroxyl groups excluding tert-OH is 1. The second-order valence-corrected chi connectivity index (χ2v) is 7.08. The van der Waals surface area contributed by atoms with Crippen molar-refractivity contribution in [1.82, 2.24) is 0 Å². The smallest absolute Gasteiger partial charge is 0.338 e. The lowest BCUT2D eigenvalue weighted by molar-refractivity contribution is -0.121. The highest BCUT2D eigenvalue weighted by atomic mass is 16.5. The van der Waals surface area contributed by atoms with Crippen LogP contribution in [0.2, 0.25) is 0 Å². The number of esters is 1. The average Bonchev–Trinajstić information content (AvgIpc) is 3.01. The number of aliphatic hydroxyl groups is 1. The Labute approximate surface area is 180 Å². The maximum absolute atomic E-state index is 12.9. The topological polar surface area (TPSA) is 93.1 Å². The van der Waals surface area contributed by atoms with Gasteiger partial charge in [-0.05, 0) is 54.8 Å². The molecule has 2 amide bonds. The number of hydrogen-bond acceptors (Lipinski definition) is 6. The molecule has 0 fully saturated rings. The zero-order valence-electron chi connectivity index (χ0n) is 17.6. The van der Waals surface area contributed by atoms with Gasteiger partial charge in [0.15, 0.2) is 5.76 Å². The average molecular weight is 423 g/mol. The summed E-state index contributed by atoms with van der Waals surface area (Å²) in [7, 11) is 0. The number of imide groups is 1. The van der Waals surface area contributed by atoms with Crippen molar-refractivity contribution >= 4 is 29.0 Å². The Morgan fingerprint density at radius 3 is 2.19 bits per heavy atom. The van der Waals surface area contributed by atoms with Crippen LogP contribution in [0.1, 0.15) is 49.0 Å². The van der Waals surface area contributed by atoms with E-state index < -0.39 is 23.5 Å². The Morgan fingerprint density at radius 1 is 0.903 bits per heavy atom. The molecule has 0 radical (unpaired) electrons.